The second kappa shape index (κ2) is 9.25. The Labute approximate surface area is 204 Å². The zero-order valence-corrected chi connectivity index (χ0v) is 19.7. The summed E-state index contributed by atoms with van der Waals surface area (Å²) >= 11 is 0. The van der Waals surface area contributed by atoms with Gasteiger partial charge in [-0.25, -0.2) is 4.79 Å². The van der Waals surface area contributed by atoms with Crippen molar-refractivity contribution in [3.63, 3.8) is 0 Å². The van der Waals surface area contributed by atoms with Gasteiger partial charge in [-0.05, 0) is 41.7 Å². The number of nitrogens with one attached hydrogen (secondary N) is 2. The molecule has 1 fully saturated rings. The SMILES string of the molecule is CC1(c2ccccc2)NC(=O)N(CC(=O)NCc2ccc(CN3CCc4ccccc43)cc2)C1=O. The summed E-state index contributed by atoms with van der Waals surface area (Å²) in [6.07, 6.45) is 1.07. The predicted molar refractivity (Wildman–Crippen MR) is 134 cm³/mol. The zero-order valence-electron chi connectivity index (χ0n) is 19.7. The van der Waals surface area contributed by atoms with E-state index in [1.165, 1.54) is 16.8 Å². The summed E-state index contributed by atoms with van der Waals surface area (Å²) in [5, 5.41) is 5.54. The minimum absolute atomic E-state index is 0.320. The van der Waals surface area contributed by atoms with E-state index in [1.807, 2.05) is 30.3 Å². The number of nitrogens with zero attached hydrogens (tertiary/aromatic N) is 2. The summed E-state index contributed by atoms with van der Waals surface area (Å²) in [7, 11) is 0. The third-order valence-corrected chi connectivity index (χ3v) is 6.80. The van der Waals surface area contributed by atoms with Crippen molar-refractivity contribution in [1.29, 1.82) is 0 Å². The van der Waals surface area contributed by atoms with E-state index in [2.05, 4.69) is 51.9 Å². The quantitative estimate of drug-likeness (QED) is 0.521. The van der Waals surface area contributed by atoms with Crippen molar-refractivity contribution in [3.05, 3.63) is 101 Å². The first-order valence-corrected chi connectivity index (χ1v) is 11.8. The molecule has 1 unspecified atom stereocenters. The van der Waals surface area contributed by atoms with E-state index in [-0.39, 0.29) is 12.5 Å². The number of hydrogen-bond donors (Lipinski definition) is 2. The normalized spacial score (nSPS) is 19.0. The number of hydrogen-bond acceptors (Lipinski definition) is 4. The van der Waals surface area contributed by atoms with Crippen LogP contribution in [0.25, 0.3) is 0 Å². The Balaban J connectivity index is 1.15. The molecule has 7 heteroatoms. The fourth-order valence-electron chi connectivity index (χ4n) is 4.76. The lowest BCUT2D eigenvalue weighted by molar-refractivity contribution is -0.134. The maximum Gasteiger partial charge on any atom is 0.325 e. The summed E-state index contributed by atoms with van der Waals surface area (Å²) in [6.45, 7) is 3.52. The number of carbonyl (C=O) groups excluding carboxylic acids is 3. The number of carbonyl (C=O) groups is 3. The number of benzene rings is 3. The molecule has 1 saturated heterocycles. The highest BCUT2D eigenvalue weighted by molar-refractivity contribution is 6.09. The fourth-order valence-corrected chi connectivity index (χ4v) is 4.76. The van der Waals surface area contributed by atoms with Gasteiger partial charge >= 0.3 is 6.03 Å². The maximum atomic E-state index is 13.0. The van der Waals surface area contributed by atoms with Crippen molar-refractivity contribution >= 4 is 23.5 Å². The number of urea groups is 1. The second-order valence-electron chi connectivity index (χ2n) is 9.21. The van der Waals surface area contributed by atoms with Gasteiger partial charge in [0.15, 0.2) is 0 Å². The molecular formula is C28H28N4O3. The van der Waals surface area contributed by atoms with Gasteiger partial charge in [-0.1, -0.05) is 72.8 Å². The van der Waals surface area contributed by atoms with Crippen molar-refractivity contribution in [3.8, 4) is 0 Å². The first-order valence-electron chi connectivity index (χ1n) is 11.8. The third kappa shape index (κ3) is 4.49. The largest absolute Gasteiger partial charge is 0.367 e. The lowest BCUT2D eigenvalue weighted by atomic mass is 9.92. The first-order chi connectivity index (χ1) is 16.9. The van der Waals surface area contributed by atoms with Crippen LogP contribution in [0.2, 0.25) is 0 Å². The Kier molecular flexibility index (Phi) is 5.99. The summed E-state index contributed by atoms with van der Waals surface area (Å²) in [5.74, 6) is -0.819. The number of fused-ring (bicyclic) bond motifs is 1. The van der Waals surface area contributed by atoms with Crippen molar-refractivity contribution in [2.24, 2.45) is 0 Å². The van der Waals surface area contributed by atoms with Crippen molar-refractivity contribution in [2.45, 2.75) is 32.0 Å². The molecule has 2 aliphatic heterocycles. The highest BCUT2D eigenvalue weighted by atomic mass is 16.2. The third-order valence-electron chi connectivity index (χ3n) is 6.80. The van der Waals surface area contributed by atoms with Gasteiger partial charge in [0.1, 0.15) is 12.1 Å². The average molecular weight is 469 g/mol. The van der Waals surface area contributed by atoms with Crippen LogP contribution in [0.3, 0.4) is 0 Å². The molecule has 3 aromatic rings. The highest BCUT2D eigenvalue weighted by Crippen LogP contribution is 2.29. The Hall–Kier alpha value is -4.13. The monoisotopic (exact) mass is 468 g/mol. The van der Waals surface area contributed by atoms with E-state index in [9.17, 15) is 14.4 Å². The number of amides is 4. The summed E-state index contributed by atoms with van der Waals surface area (Å²) in [5.41, 5.74) is 4.35. The second-order valence-corrected chi connectivity index (χ2v) is 9.21. The molecule has 0 aromatic heterocycles. The Morgan fingerprint density at radius 2 is 1.63 bits per heavy atom. The number of imide groups is 1. The summed E-state index contributed by atoms with van der Waals surface area (Å²) in [6, 6.07) is 25.1. The van der Waals surface area contributed by atoms with Gasteiger partial charge in [-0.15, -0.1) is 0 Å². The summed E-state index contributed by atoms with van der Waals surface area (Å²) in [4.78, 5) is 41.3. The van der Waals surface area contributed by atoms with E-state index in [4.69, 9.17) is 0 Å². The molecule has 3 aromatic carbocycles. The molecule has 0 spiro atoms. The number of anilines is 1. The molecule has 0 saturated carbocycles. The number of para-hydroxylation sites is 1. The van der Waals surface area contributed by atoms with E-state index >= 15 is 0 Å². The van der Waals surface area contributed by atoms with Gasteiger partial charge in [0.25, 0.3) is 5.91 Å². The van der Waals surface area contributed by atoms with Crippen LogP contribution in [0.5, 0.6) is 0 Å². The highest BCUT2D eigenvalue weighted by Gasteiger charge is 2.49. The minimum Gasteiger partial charge on any atom is -0.367 e. The number of rotatable bonds is 7. The molecule has 2 heterocycles. The van der Waals surface area contributed by atoms with Crippen molar-refractivity contribution in [2.75, 3.05) is 18.0 Å². The van der Waals surface area contributed by atoms with E-state index < -0.39 is 17.5 Å². The molecule has 178 valence electrons. The van der Waals surface area contributed by atoms with Crippen LogP contribution in [0.1, 0.15) is 29.2 Å². The van der Waals surface area contributed by atoms with E-state index in [1.54, 1.807) is 19.1 Å². The molecule has 5 rings (SSSR count). The molecule has 2 N–H and O–H groups in total. The van der Waals surface area contributed by atoms with Crippen molar-refractivity contribution < 1.29 is 14.4 Å². The van der Waals surface area contributed by atoms with Gasteiger partial charge in [-0.3, -0.25) is 14.5 Å². The Bertz CT molecular complexity index is 1260. The lowest BCUT2D eigenvalue weighted by Crippen LogP contribution is -2.43. The van der Waals surface area contributed by atoms with E-state index in [0.717, 1.165) is 30.0 Å². The molecular weight excluding hydrogens is 440 g/mol. The van der Waals surface area contributed by atoms with Gasteiger partial charge in [0.05, 0.1) is 0 Å². The fraction of sp³-hybridized carbons (Fsp3) is 0.250. The molecule has 0 radical (unpaired) electrons. The smallest absolute Gasteiger partial charge is 0.325 e. The molecule has 0 aliphatic carbocycles. The Morgan fingerprint density at radius 1 is 0.943 bits per heavy atom. The topological polar surface area (TPSA) is 81.8 Å². The average Bonchev–Trinajstić information content (AvgIpc) is 3.38. The van der Waals surface area contributed by atoms with E-state index in [0.29, 0.717) is 12.1 Å². The first kappa shape index (κ1) is 22.7. The van der Waals surface area contributed by atoms with Crippen LogP contribution in [0.4, 0.5) is 10.5 Å². The zero-order chi connectivity index (χ0) is 24.4. The van der Waals surface area contributed by atoms with Crippen LogP contribution >= 0.6 is 0 Å². The lowest BCUT2D eigenvalue weighted by Gasteiger charge is -2.22. The van der Waals surface area contributed by atoms with Crippen LogP contribution in [-0.2, 0) is 34.6 Å². The molecule has 7 nitrogen and oxygen atoms in total. The van der Waals surface area contributed by atoms with Gasteiger partial charge in [0.2, 0.25) is 5.91 Å². The summed E-state index contributed by atoms with van der Waals surface area (Å²) < 4.78 is 0. The maximum absolute atomic E-state index is 13.0. The predicted octanol–water partition coefficient (Wildman–Crippen LogP) is 3.33. The van der Waals surface area contributed by atoms with Gasteiger partial charge < -0.3 is 15.5 Å². The van der Waals surface area contributed by atoms with Crippen LogP contribution in [-0.4, -0.2) is 35.8 Å². The molecule has 0 bridgehead atoms. The Morgan fingerprint density at radius 3 is 2.40 bits per heavy atom. The molecule has 4 amide bonds. The van der Waals surface area contributed by atoms with Gasteiger partial charge in [-0.2, -0.15) is 0 Å². The van der Waals surface area contributed by atoms with Crippen LogP contribution in [0, 0.1) is 0 Å². The molecule has 35 heavy (non-hydrogen) atoms. The van der Waals surface area contributed by atoms with Crippen molar-refractivity contribution in [1.82, 2.24) is 15.5 Å². The van der Waals surface area contributed by atoms with Crippen LogP contribution < -0.4 is 15.5 Å². The molecule has 1 atom stereocenters. The van der Waals surface area contributed by atoms with Gasteiger partial charge in [0, 0.05) is 25.3 Å². The minimum atomic E-state index is -1.18. The standard InChI is InChI=1S/C28H28N4O3/c1-28(23-8-3-2-4-9-23)26(34)32(27(35)30-28)19-25(33)29-17-20-11-13-21(14-12-20)18-31-16-15-22-7-5-6-10-24(22)31/h2-14H,15-19H2,1H3,(H,29,33)(H,30,35). The molecule has 2 aliphatic rings. The van der Waals surface area contributed by atoms with Crippen LogP contribution in [0.15, 0.2) is 78.9 Å².